The zero-order valence-corrected chi connectivity index (χ0v) is 16.8. The Hall–Kier alpha value is -2.68. The van der Waals surface area contributed by atoms with Gasteiger partial charge in [-0.3, -0.25) is 4.21 Å². The van der Waals surface area contributed by atoms with Crippen molar-refractivity contribution in [3.63, 3.8) is 0 Å². The van der Waals surface area contributed by atoms with Gasteiger partial charge in [0, 0.05) is 50.3 Å². The van der Waals surface area contributed by atoms with Gasteiger partial charge in [-0.15, -0.1) is 0 Å². The Labute approximate surface area is 171 Å². The molecule has 1 aromatic heterocycles. The molecule has 5 rings (SSSR count). The van der Waals surface area contributed by atoms with E-state index >= 15 is 0 Å². The Morgan fingerprint density at radius 3 is 2.69 bits per heavy atom. The minimum Gasteiger partial charge on any atom is -0.465 e. The smallest absolute Gasteiger partial charge is 0.407 e. The van der Waals surface area contributed by atoms with E-state index in [1.165, 1.54) is 10.5 Å². The van der Waals surface area contributed by atoms with Gasteiger partial charge in [0.1, 0.15) is 10.7 Å². The van der Waals surface area contributed by atoms with Crippen molar-refractivity contribution in [1.29, 1.82) is 0 Å². The predicted molar refractivity (Wildman–Crippen MR) is 110 cm³/mol. The van der Waals surface area contributed by atoms with Crippen molar-refractivity contribution in [2.75, 3.05) is 42.1 Å². The molecule has 0 unspecified atom stereocenters. The molecule has 0 saturated carbocycles. The van der Waals surface area contributed by atoms with Crippen LogP contribution in [0.2, 0.25) is 0 Å². The van der Waals surface area contributed by atoms with Gasteiger partial charge in [-0.25, -0.2) is 9.78 Å². The Morgan fingerprint density at radius 2 is 1.97 bits per heavy atom. The number of carbonyl (C=O) groups is 1. The van der Waals surface area contributed by atoms with E-state index in [-0.39, 0.29) is 6.04 Å². The quantitative estimate of drug-likeness (QED) is 0.790. The van der Waals surface area contributed by atoms with E-state index in [1.807, 2.05) is 6.07 Å². The minimum absolute atomic E-state index is 0.0241. The van der Waals surface area contributed by atoms with Crippen LogP contribution in [0.1, 0.15) is 23.6 Å². The molecule has 3 aliphatic heterocycles. The first-order valence-corrected chi connectivity index (χ1v) is 11.2. The monoisotopic (exact) mass is 413 g/mol. The van der Waals surface area contributed by atoms with Crippen LogP contribution in [0.3, 0.4) is 0 Å². The summed E-state index contributed by atoms with van der Waals surface area (Å²) in [6, 6.07) is 10.4. The number of hydrogen-bond donors (Lipinski definition) is 2. The number of amides is 1. The second-order valence-corrected chi connectivity index (χ2v) is 9.33. The molecule has 2 atom stereocenters. The van der Waals surface area contributed by atoms with E-state index in [2.05, 4.69) is 34.5 Å². The number of aryl methyl sites for hydroxylation is 1. The zero-order valence-electron chi connectivity index (χ0n) is 16.0. The van der Waals surface area contributed by atoms with E-state index < -0.39 is 16.9 Å². The Morgan fingerprint density at radius 1 is 1.17 bits per heavy atom. The number of rotatable bonds is 4. The summed E-state index contributed by atoms with van der Waals surface area (Å²) in [6.07, 6.45) is 0.500. The predicted octanol–water partition coefficient (Wildman–Crippen LogP) is 1.91. The largest absolute Gasteiger partial charge is 0.465 e. The lowest BCUT2D eigenvalue weighted by atomic mass is 9.92. The van der Waals surface area contributed by atoms with E-state index in [9.17, 15) is 14.1 Å². The second kappa shape index (κ2) is 7.29. The van der Waals surface area contributed by atoms with Crippen molar-refractivity contribution in [1.82, 2.24) is 14.9 Å². The molecule has 9 heteroatoms. The van der Waals surface area contributed by atoms with Crippen LogP contribution in [0.5, 0.6) is 0 Å². The number of fused-ring (bicyclic) bond motifs is 1. The number of nitrogens with one attached hydrogen (secondary N) is 1. The fourth-order valence-corrected chi connectivity index (χ4v) is 5.56. The summed E-state index contributed by atoms with van der Waals surface area (Å²) in [6.45, 7) is 2.64. The summed E-state index contributed by atoms with van der Waals surface area (Å²) in [5.41, 5.74) is 2.18. The number of hydrogen-bond acceptors (Lipinski definition) is 6. The van der Waals surface area contributed by atoms with Crippen molar-refractivity contribution in [3.05, 3.63) is 41.6 Å². The van der Waals surface area contributed by atoms with E-state index in [1.54, 1.807) is 0 Å². The molecule has 0 aliphatic carbocycles. The highest BCUT2D eigenvalue weighted by Gasteiger charge is 2.34. The first-order chi connectivity index (χ1) is 14.1. The van der Waals surface area contributed by atoms with Gasteiger partial charge in [0.05, 0.1) is 16.5 Å². The Bertz CT molecular complexity index is 964. The van der Waals surface area contributed by atoms with Crippen molar-refractivity contribution in [2.45, 2.75) is 29.7 Å². The van der Waals surface area contributed by atoms with Crippen LogP contribution in [0.25, 0.3) is 0 Å². The Kier molecular flexibility index (Phi) is 4.61. The fraction of sp³-hybridized carbons (Fsp3) is 0.450. The number of nitrogens with zero attached hydrogens (tertiary/aromatic N) is 4. The Balaban J connectivity index is 1.36. The summed E-state index contributed by atoms with van der Waals surface area (Å²) in [5, 5.41) is 12.6. The highest BCUT2D eigenvalue weighted by Crippen LogP contribution is 2.35. The number of anilines is 2. The third kappa shape index (κ3) is 3.43. The van der Waals surface area contributed by atoms with Crippen molar-refractivity contribution < 1.29 is 14.1 Å². The molecule has 4 heterocycles. The van der Waals surface area contributed by atoms with Gasteiger partial charge < -0.3 is 20.2 Å². The number of benzene rings is 1. The van der Waals surface area contributed by atoms with Crippen LogP contribution in [0.15, 0.2) is 35.2 Å². The van der Waals surface area contributed by atoms with Crippen LogP contribution >= 0.6 is 0 Å². The lowest BCUT2D eigenvalue weighted by Gasteiger charge is -2.40. The molecule has 3 aliphatic rings. The van der Waals surface area contributed by atoms with Crippen LogP contribution in [-0.2, 0) is 17.2 Å². The van der Waals surface area contributed by atoms with E-state index in [0.29, 0.717) is 54.3 Å². The molecule has 2 N–H and O–H groups in total. The summed E-state index contributed by atoms with van der Waals surface area (Å²) >= 11 is 0. The summed E-state index contributed by atoms with van der Waals surface area (Å²) in [5.74, 6) is 2.32. The van der Waals surface area contributed by atoms with Gasteiger partial charge in [0.2, 0.25) is 5.95 Å². The molecule has 29 heavy (non-hydrogen) atoms. The van der Waals surface area contributed by atoms with Gasteiger partial charge in [-0.05, 0) is 12.0 Å². The number of aromatic nitrogens is 2. The molecular weight excluding hydrogens is 390 g/mol. The van der Waals surface area contributed by atoms with E-state index in [0.717, 1.165) is 18.8 Å². The first-order valence-electron chi connectivity index (χ1n) is 9.92. The molecular formula is C20H23N5O3S. The van der Waals surface area contributed by atoms with Crippen LogP contribution in [0, 0.1) is 0 Å². The van der Waals surface area contributed by atoms with Crippen LogP contribution < -0.4 is 10.2 Å². The maximum atomic E-state index is 12.5. The van der Waals surface area contributed by atoms with Crippen molar-refractivity contribution >= 4 is 28.7 Å². The van der Waals surface area contributed by atoms with Crippen molar-refractivity contribution in [2.24, 2.45) is 0 Å². The van der Waals surface area contributed by atoms with Gasteiger partial charge in [0.15, 0.2) is 0 Å². The fourth-order valence-electron chi connectivity index (χ4n) is 4.25. The highest BCUT2D eigenvalue weighted by atomic mass is 32.2. The lowest BCUT2D eigenvalue weighted by Crippen LogP contribution is -2.46. The van der Waals surface area contributed by atoms with Crippen LogP contribution in [-0.4, -0.2) is 68.3 Å². The molecule has 8 nitrogen and oxygen atoms in total. The first kappa shape index (κ1) is 18.4. The standard InChI is InChI=1S/C20H23N5O3S/c26-20(27)24-8-6-15(12-24)21-18-17-16(7-9-29(17)28)22-19(23-18)25-10-14(11-25)13-4-2-1-3-5-13/h1-5,14-15H,6-12H2,(H,26,27)(H,21,22,23)/t15-,29+/m0/s1. The normalized spacial score (nSPS) is 23.7. The molecule has 152 valence electrons. The molecule has 2 aromatic rings. The molecule has 0 radical (unpaired) electrons. The molecule has 0 bridgehead atoms. The van der Waals surface area contributed by atoms with Gasteiger partial charge >= 0.3 is 6.09 Å². The average Bonchev–Trinajstić information content (AvgIpc) is 3.29. The van der Waals surface area contributed by atoms with Gasteiger partial charge in [0.25, 0.3) is 0 Å². The SMILES string of the molecule is O=C(O)N1CC[C@H](Nc2nc(N3CC(c4ccccc4)C3)nc3c2[S@](=O)CC3)C1. The van der Waals surface area contributed by atoms with Crippen molar-refractivity contribution in [3.8, 4) is 0 Å². The minimum atomic E-state index is -1.10. The molecule has 1 amide bonds. The third-order valence-corrected chi connectivity index (χ3v) is 7.37. The topological polar surface area (TPSA) is 98.7 Å². The molecule has 0 spiro atoms. The molecule has 2 saturated heterocycles. The number of carboxylic acid groups (broad SMARTS) is 1. The summed E-state index contributed by atoms with van der Waals surface area (Å²) in [7, 11) is -1.10. The van der Waals surface area contributed by atoms with E-state index in [4.69, 9.17) is 9.97 Å². The second-order valence-electron chi connectivity index (χ2n) is 7.82. The highest BCUT2D eigenvalue weighted by molar-refractivity contribution is 7.85. The zero-order chi connectivity index (χ0) is 20.0. The number of likely N-dealkylation sites (tertiary alicyclic amines) is 1. The molecule has 1 aromatic carbocycles. The van der Waals surface area contributed by atoms with Crippen LogP contribution in [0.4, 0.5) is 16.6 Å². The van der Waals surface area contributed by atoms with Gasteiger partial charge in [-0.1, -0.05) is 30.3 Å². The lowest BCUT2D eigenvalue weighted by molar-refractivity contribution is 0.155. The average molecular weight is 414 g/mol. The third-order valence-electron chi connectivity index (χ3n) is 5.91. The maximum Gasteiger partial charge on any atom is 0.407 e. The summed E-state index contributed by atoms with van der Waals surface area (Å²) < 4.78 is 12.5. The molecule has 2 fully saturated rings. The summed E-state index contributed by atoms with van der Waals surface area (Å²) in [4.78, 5) is 24.9. The maximum absolute atomic E-state index is 12.5. The van der Waals surface area contributed by atoms with Gasteiger partial charge in [-0.2, -0.15) is 4.98 Å².